The zero-order chi connectivity index (χ0) is 27.2. The molecule has 0 heterocycles. The van der Waals surface area contributed by atoms with Crippen molar-refractivity contribution in [2.75, 3.05) is 11.9 Å². The van der Waals surface area contributed by atoms with Crippen LogP contribution in [0.15, 0.2) is 42.5 Å². The Balaban J connectivity index is 2.51. The second-order valence-electron chi connectivity index (χ2n) is 10.6. The predicted octanol–water partition coefficient (Wildman–Crippen LogP) is 5.69. The topological polar surface area (TPSA) is 87.7 Å². The molecule has 0 spiro atoms. The zero-order valence-corrected chi connectivity index (χ0v) is 23.1. The summed E-state index contributed by atoms with van der Waals surface area (Å²) in [6.45, 7) is 16.9. The molecule has 2 rings (SSSR count). The van der Waals surface area contributed by atoms with Crippen LogP contribution in [0.25, 0.3) is 0 Å². The first-order valence-corrected chi connectivity index (χ1v) is 12.5. The fourth-order valence-corrected chi connectivity index (χ4v) is 4.01. The van der Waals surface area contributed by atoms with E-state index in [1.807, 2.05) is 84.0 Å². The number of rotatable bonds is 8. The maximum atomic E-state index is 13.9. The third kappa shape index (κ3) is 7.57. The van der Waals surface area contributed by atoms with Gasteiger partial charge in [-0.05, 0) is 77.1 Å². The van der Waals surface area contributed by atoms with Crippen molar-refractivity contribution in [3.05, 3.63) is 64.7 Å². The molecule has 3 amide bonds. The first kappa shape index (κ1) is 28.9. The van der Waals surface area contributed by atoms with Crippen molar-refractivity contribution < 1.29 is 19.1 Å². The Hall–Kier alpha value is -3.35. The SMILES string of the molecule is CCN(C(=O)C(NC(=O)OC(C)(C)C)C(C)C)C(C(=O)Nc1ccccc1C)c1cc(C)ccc1C. The molecular formula is C29H41N3O4. The van der Waals surface area contributed by atoms with Gasteiger partial charge in [0.2, 0.25) is 5.91 Å². The summed E-state index contributed by atoms with van der Waals surface area (Å²) < 4.78 is 5.40. The molecule has 0 saturated heterocycles. The number of likely N-dealkylation sites (N-methyl/N-ethyl adjacent to an activating group) is 1. The molecule has 7 heteroatoms. The molecular weight excluding hydrogens is 454 g/mol. The lowest BCUT2D eigenvalue weighted by atomic mass is 9.94. The molecule has 0 aliphatic carbocycles. The maximum Gasteiger partial charge on any atom is 0.408 e. The van der Waals surface area contributed by atoms with Crippen LogP contribution in [0.4, 0.5) is 10.5 Å². The summed E-state index contributed by atoms with van der Waals surface area (Å²) in [6, 6.07) is 11.7. The molecule has 0 radical (unpaired) electrons. The van der Waals surface area contributed by atoms with E-state index in [1.165, 1.54) is 4.90 Å². The summed E-state index contributed by atoms with van der Waals surface area (Å²) in [7, 11) is 0. The molecule has 0 aromatic heterocycles. The average Bonchev–Trinajstić information content (AvgIpc) is 2.77. The minimum absolute atomic E-state index is 0.224. The fraction of sp³-hybridized carbons (Fsp3) is 0.483. The quantitative estimate of drug-likeness (QED) is 0.492. The first-order valence-electron chi connectivity index (χ1n) is 12.5. The van der Waals surface area contributed by atoms with E-state index < -0.39 is 23.8 Å². The minimum atomic E-state index is -0.885. The molecule has 196 valence electrons. The average molecular weight is 496 g/mol. The second kappa shape index (κ2) is 12.1. The van der Waals surface area contributed by atoms with Crippen molar-refractivity contribution in [3.63, 3.8) is 0 Å². The van der Waals surface area contributed by atoms with Gasteiger partial charge in [0.25, 0.3) is 5.91 Å². The van der Waals surface area contributed by atoms with E-state index in [0.717, 1.165) is 22.3 Å². The minimum Gasteiger partial charge on any atom is -0.444 e. The van der Waals surface area contributed by atoms with Crippen LogP contribution in [0.3, 0.4) is 0 Å². The fourth-order valence-electron chi connectivity index (χ4n) is 4.01. The van der Waals surface area contributed by atoms with Gasteiger partial charge in [-0.25, -0.2) is 4.79 Å². The van der Waals surface area contributed by atoms with Gasteiger partial charge in [-0.2, -0.15) is 0 Å². The number of carbonyl (C=O) groups excluding carboxylic acids is 3. The highest BCUT2D eigenvalue weighted by atomic mass is 16.6. The van der Waals surface area contributed by atoms with Crippen LogP contribution in [0.1, 0.15) is 69.8 Å². The first-order chi connectivity index (χ1) is 16.7. The summed E-state index contributed by atoms with van der Waals surface area (Å²) in [4.78, 5) is 41.8. The molecule has 7 nitrogen and oxygen atoms in total. The molecule has 0 fully saturated rings. The van der Waals surface area contributed by atoms with Gasteiger partial charge in [-0.15, -0.1) is 0 Å². The Bertz CT molecular complexity index is 1090. The van der Waals surface area contributed by atoms with Gasteiger partial charge in [0.15, 0.2) is 0 Å². The molecule has 2 unspecified atom stereocenters. The van der Waals surface area contributed by atoms with Crippen LogP contribution in [0.2, 0.25) is 0 Å². The van der Waals surface area contributed by atoms with E-state index >= 15 is 0 Å². The summed E-state index contributed by atoms with van der Waals surface area (Å²) in [5.74, 6) is -0.880. The number of hydrogen-bond acceptors (Lipinski definition) is 4. The lowest BCUT2D eigenvalue weighted by Crippen LogP contribution is -2.54. The summed E-state index contributed by atoms with van der Waals surface area (Å²) in [5.41, 5.74) is 3.54. The van der Waals surface area contributed by atoms with Gasteiger partial charge < -0.3 is 20.3 Å². The van der Waals surface area contributed by atoms with Crippen molar-refractivity contribution in [3.8, 4) is 0 Å². The third-order valence-corrected chi connectivity index (χ3v) is 5.92. The van der Waals surface area contributed by atoms with E-state index in [1.54, 1.807) is 20.8 Å². The highest BCUT2D eigenvalue weighted by molar-refractivity contribution is 5.99. The summed E-state index contributed by atoms with van der Waals surface area (Å²) >= 11 is 0. The van der Waals surface area contributed by atoms with E-state index in [0.29, 0.717) is 5.69 Å². The summed E-state index contributed by atoms with van der Waals surface area (Å²) in [6.07, 6.45) is -0.668. The van der Waals surface area contributed by atoms with Crippen LogP contribution in [0.5, 0.6) is 0 Å². The van der Waals surface area contributed by atoms with E-state index in [4.69, 9.17) is 4.74 Å². The van der Waals surface area contributed by atoms with Crippen LogP contribution in [-0.4, -0.2) is 41.0 Å². The van der Waals surface area contributed by atoms with Gasteiger partial charge >= 0.3 is 6.09 Å². The highest BCUT2D eigenvalue weighted by Crippen LogP contribution is 2.29. The number of para-hydroxylation sites is 1. The smallest absolute Gasteiger partial charge is 0.408 e. The Kier molecular flexibility index (Phi) is 9.68. The van der Waals surface area contributed by atoms with E-state index in [9.17, 15) is 14.4 Å². The number of hydrogen-bond donors (Lipinski definition) is 2. The van der Waals surface area contributed by atoms with Gasteiger partial charge in [-0.3, -0.25) is 9.59 Å². The van der Waals surface area contributed by atoms with Gasteiger partial charge in [0.05, 0.1) is 0 Å². The standard InChI is InChI=1S/C29H41N3O4/c1-10-32(27(34)24(18(2)3)31-28(35)36-29(7,8)9)25(22-17-19(4)15-16-20(22)5)26(33)30-23-14-12-11-13-21(23)6/h11-18,24-25H,10H2,1-9H3,(H,30,33)(H,31,35). The Labute approximate surface area is 215 Å². The van der Waals surface area contributed by atoms with Gasteiger partial charge in [0, 0.05) is 12.2 Å². The van der Waals surface area contributed by atoms with E-state index in [-0.39, 0.29) is 24.3 Å². The molecule has 0 aliphatic heterocycles. The van der Waals surface area contributed by atoms with Crippen LogP contribution >= 0.6 is 0 Å². The van der Waals surface area contributed by atoms with E-state index in [2.05, 4.69) is 10.6 Å². The number of alkyl carbamates (subject to hydrolysis) is 1. The number of anilines is 1. The Morgan fingerprint density at radius 3 is 2.17 bits per heavy atom. The lowest BCUT2D eigenvalue weighted by molar-refractivity contribution is -0.141. The van der Waals surface area contributed by atoms with Crippen LogP contribution < -0.4 is 10.6 Å². The number of amides is 3. The third-order valence-electron chi connectivity index (χ3n) is 5.92. The molecule has 36 heavy (non-hydrogen) atoms. The maximum absolute atomic E-state index is 13.9. The number of nitrogens with zero attached hydrogens (tertiary/aromatic N) is 1. The number of aryl methyl sites for hydroxylation is 3. The largest absolute Gasteiger partial charge is 0.444 e. The molecule has 2 aromatic rings. The highest BCUT2D eigenvalue weighted by Gasteiger charge is 2.37. The van der Waals surface area contributed by atoms with Crippen LogP contribution in [0, 0.1) is 26.7 Å². The number of ether oxygens (including phenoxy) is 1. The molecule has 2 aromatic carbocycles. The van der Waals surface area contributed by atoms with Crippen LogP contribution in [-0.2, 0) is 14.3 Å². The number of nitrogens with one attached hydrogen (secondary N) is 2. The van der Waals surface area contributed by atoms with Gasteiger partial charge in [0.1, 0.15) is 17.7 Å². The van der Waals surface area contributed by atoms with Crippen molar-refractivity contribution in [1.29, 1.82) is 0 Å². The van der Waals surface area contributed by atoms with Gasteiger partial charge in [-0.1, -0.05) is 55.8 Å². The van der Waals surface area contributed by atoms with Crippen molar-refractivity contribution >= 4 is 23.6 Å². The normalized spacial score (nSPS) is 13.1. The number of benzene rings is 2. The molecule has 2 N–H and O–H groups in total. The van der Waals surface area contributed by atoms with Crippen molar-refractivity contribution in [2.24, 2.45) is 5.92 Å². The molecule has 2 atom stereocenters. The molecule has 0 bridgehead atoms. The number of carbonyl (C=O) groups is 3. The Morgan fingerprint density at radius 2 is 1.61 bits per heavy atom. The zero-order valence-electron chi connectivity index (χ0n) is 23.1. The predicted molar refractivity (Wildman–Crippen MR) is 144 cm³/mol. The monoisotopic (exact) mass is 495 g/mol. The Morgan fingerprint density at radius 1 is 0.972 bits per heavy atom. The van der Waals surface area contributed by atoms with Crippen molar-refractivity contribution in [1.82, 2.24) is 10.2 Å². The second-order valence-corrected chi connectivity index (χ2v) is 10.6. The summed E-state index contributed by atoms with van der Waals surface area (Å²) in [5, 5.41) is 5.75. The van der Waals surface area contributed by atoms with Crippen molar-refractivity contribution in [2.45, 2.75) is 80.0 Å². The molecule has 0 aliphatic rings. The molecule has 0 saturated carbocycles. The lowest BCUT2D eigenvalue weighted by Gasteiger charge is -2.35.